The van der Waals surface area contributed by atoms with Gasteiger partial charge >= 0.3 is 0 Å². The van der Waals surface area contributed by atoms with Crippen molar-refractivity contribution in [2.75, 3.05) is 19.6 Å². The summed E-state index contributed by atoms with van der Waals surface area (Å²) in [5.74, 6) is 0. The van der Waals surface area contributed by atoms with Crippen molar-refractivity contribution < 1.29 is 4.48 Å². The van der Waals surface area contributed by atoms with Crippen LogP contribution in [0.4, 0.5) is 0 Å². The fourth-order valence-corrected chi connectivity index (χ4v) is 1.85. The molecule has 0 amide bonds. The molecule has 0 bridgehead atoms. The maximum absolute atomic E-state index is 3.85. The van der Waals surface area contributed by atoms with E-state index in [0.717, 1.165) is 24.1 Å². The van der Waals surface area contributed by atoms with E-state index in [2.05, 4.69) is 33.9 Å². The lowest BCUT2D eigenvalue weighted by atomic mass is 10.1. The summed E-state index contributed by atoms with van der Waals surface area (Å²) in [5.41, 5.74) is 0. The minimum Gasteiger partial charge on any atom is -0.315 e. The lowest BCUT2D eigenvalue weighted by molar-refractivity contribution is -0.934. The van der Waals surface area contributed by atoms with Crippen LogP contribution in [0.25, 0.3) is 0 Å². The molecule has 0 aromatic heterocycles. The van der Waals surface area contributed by atoms with Crippen LogP contribution in [0.5, 0.6) is 0 Å². The molecule has 0 rings (SSSR count). The number of rotatable bonds is 6. The predicted molar refractivity (Wildman–Crippen MR) is 56.1 cm³/mol. The van der Waals surface area contributed by atoms with Crippen molar-refractivity contribution >= 4 is 0 Å². The van der Waals surface area contributed by atoms with Crippen LogP contribution in [0, 0.1) is 0 Å². The normalized spacial score (nSPS) is 11.7. The summed E-state index contributed by atoms with van der Waals surface area (Å²) in [6.07, 6.45) is 4.01. The summed E-state index contributed by atoms with van der Waals surface area (Å²) in [4.78, 5) is 0. The van der Waals surface area contributed by atoms with E-state index in [1.165, 1.54) is 0 Å². The number of nitrogens with zero attached hydrogens (tertiary/aromatic N) is 1. The SMILES string of the molecule is C=CC(C=C)[N+](CC)(CC)CC. The second-order valence-electron chi connectivity index (χ2n) is 3.13. The van der Waals surface area contributed by atoms with E-state index in [9.17, 15) is 0 Å². The predicted octanol–water partition coefficient (Wildman–Crippen LogP) is 2.60. The average molecular weight is 168 g/mol. The zero-order chi connectivity index (χ0) is 9.61. The molecule has 0 saturated heterocycles. The molecule has 0 aromatic carbocycles. The van der Waals surface area contributed by atoms with Crippen molar-refractivity contribution in [1.82, 2.24) is 0 Å². The number of hydrogen-bond acceptors (Lipinski definition) is 0. The molecular weight excluding hydrogens is 146 g/mol. The number of quaternary nitrogens is 1. The van der Waals surface area contributed by atoms with E-state index in [1.54, 1.807) is 0 Å². The first-order valence-corrected chi connectivity index (χ1v) is 4.81. The zero-order valence-electron chi connectivity index (χ0n) is 8.71. The highest BCUT2D eigenvalue weighted by Crippen LogP contribution is 2.14. The van der Waals surface area contributed by atoms with Crippen LogP contribution < -0.4 is 0 Å². The molecule has 1 nitrogen and oxygen atoms in total. The van der Waals surface area contributed by atoms with E-state index < -0.39 is 0 Å². The summed E-state index contributed by atoms with van der Waals surface area (Å²) in [6, 6.07) is 0.407. The van der Waals surface area contributed by atoms with Gasteiger partial charge in [-0.1, -0.05) is 13.2 Å². The molecule has 0 aliphatic carbocycles. The largest absolute Gasteiger partial charge is 0.315 e. The van der Waals surface area contributed by atoms with Gasteiger partial charge in [-0.3, -0.25) is 0 Å². The van der Waals surface area contributed by atoms with Crippen LogP contribution in [-0.4, -0.2) is 30.2 Å². The lowest BCUT2D eigenvalue weighted by Gasteiger charge is -2.40. The highest BCUT2D eigenvalue weighted by atomic mass is 15.4. The molecule has 70 valence electrons. The molecule has 0 spiro atoms. The van der Waals surface area contributed by atoms with Crippen molar-refractivity contribution in [3.63, 3.8) is 0 Å². The Morgan fingerprint density at radius 2 is 1.33 bits per heavy atom. The van der Waals surface area contributed by atoms with E-state index in [4.69, 9.17) is 0 Å². The van der Waals surface area contributed by atoms with E-state index in [0.29, 0.717) is 6.04 Å². The monoisotopic (exact) mass is 168 g/mol. The van der Waals surface area contributed by atoms with Crippen molar-refractivity contribution in [1.29, 1.82) is 0 Å². The second-order valence-corrected chi connectivity index (χ2v) is 3.13. The fourth-order valence-electron chi connectivity index (χ4n) is 1.85. The third-order valence-electron chi connectivity index (χ3n) is 3.00. The molecule has 0 unspecified atom stereocenters. The second kappa shape index (κ2) is 5.15. The van der Waals surface area contributed by atoms with Gasteiger partial charge in [0, 0.05) is 0 Å². The van der Waals surface area contributed by atoms with E-state index in [1.807, 2.05) is 12.2 Å². The molecule has 0 fully saturated rings. The summed E-state index contributed by atoms with van der Waals surface area (Å²) in [7, 11) is 0. The minimum atomic E-state index is 0.407. The van der Waals surface area contributed by atoms with Crippen LogP contribution in [-0.2, 0) is 0 Å². The van der Waals surface area contributed by atoms with Gasteiger partial charge in [-0.15, -0.1) is 0 Å². The quantitative estimate of drug-likeness (QED) is 0.422. The number of likely N-dealkylation sites (N-methyl/N-ethyl adjacent to an activating group) is 1. The van der Waals surface area contributed by atoms with Crippen molar-refractivity contribution in [2.45, 2.75) is 26.8 Å². The highest BCUT2D eigenvalue weighted by Gasteiger charge is 2.27. The van der Waals surface area contributed by atoms with Gasteiger partial charge in [-0.2, -0.15) is 0 Å². The molecule has 0 N–H and O–H groups in total. The van der Waals surface area contributed by atoms with Crippen LogP contribution in [0.15, 0.2) is 25.3 Å². The van der Waals surface area contributed by atoms with Crippen LogP contribution in [0.3, 0.4) is 0 Å². The molecule has 0 aliphatic rings. The molecule has 12 heavy (non-hydrogen) atoms. The highest BCUT2D eigenvalue weighted by molar-refractivity contribution is 4.94. The van der Waals surface area contributed by atoms with Gasteiger partial charge in [0.2, 0.25) is 0 Å². The Morgan fingerprint density at radius 3 is 1.42 bits per heavy atom. The van der Waals surface area contributed by atoms with Crippen LogP contribution in [0.2, 0.25) is 0 Å². The van der Waals surface area contributed by atoms with Gasteiger partial charge in [0.25, 0.3) is 0 Å². The van der Waals surface area contributed by atoms with Gasteiger partial charge < -0.3 is 4.48 Å². The number of hydrogen-bond donors (Lipinski definition) is 0. The first-order chi connectivity index (χ1) is 5.70. The summed E-state index contributed by atoms with van der Waals surface area (Å²) in [6.45, 7) is 17.8. The summed E-state index contributed by atoms with van der Waals surface area (Å²) >= 11 is 0. The topological polar surface area (TPSA) is 0 Å². The summed E-state index contributed by atoms with van der Waals surface area (Å²) in [5, 5.41) is 0. The molecule has 0 aliphatic heterocycles. The smallest absolute Gasteiger partial charge is 0.126 e. The molecule has 0 aromatic rings. The van der Waals surface area contributed by atoms with Crippen LogP contribution >= 0.6 is 0 Å². The first-order valence-electron chi connectivity index (χ1n) is 4.81. The molecule has 0 saturated carbocycles. The molecule has 1 heteroatoms. The Morgan fingerprint density at radius 1 is 1.00 bits per heavy atom. The summed E-state index contributed by atoms with van der Waals surface area (Å²) < 4.78 is 1.08. The molecule has 0 radical (unpaired) electrons. The van der Waals surface area contributed by atoms with Gasteiger partial charge in [0.1, 0.15) is 6.04 Å². The third kappa shape index (κ3) is 1.98. The Kier molecular flexibility index (Phi) is 4.91. The Balaban J connectivity index is 4.64. The van der Waals surface area contributed by atoms with Crippen molar-refractivity contribution in [2.24, 2.45) is 0 Å². The van der Waals surface area contributed by atoms with Crippen molar-refractivity contribution in [3.05, 3.63) is 25.3 Å². The van der Waals surface area contributed by atoms with Gasteiger partial charge in [-0.05, 0) is 32.9 Å². The van der Waals surface area contributed by atoms with Crippen molar-refractivity contribution in [3.8, 4) is 0 Å². The maximum atomic E-state index is 3.85. The lowest BCUT2D eigenvalue weighted by Crippen LogP contribution is -2.53. The molecular formula is C11H22N+. The standard InChI is InChI=1S/C11H22N/c1-6-11(7-2)12(8-3,9-4)10-5/h6-7,11H,1-2,8-10H2,3-5H3/q+1. The minimum absolute atomic E-state index is 0.407. The zero-order valence-corrected chi connectivity index (χ0v) is 8.71. The van der Waals surface area contributed by atoms with E-state index >= 15 is 0 Å². The fraction of sp³-hybridized carbons (Fsp3) is 0.636. The Labute approximate surface area is 77.0 Å². The third-order valence-corrected chi connectivity index (χ3v) is 3.00. The maximum Gasteiger partial charge on any atom is 0.126 e. The Bertz CT molecular complexity index is 129. The molecule has 0 heterocycles. The average Bonchev–Trinajstić information content (AvgIpc) is 2.14. The van der Waals surface area contributed by atoms with Gasteiger partial charge in [0.05, 0.1) is 19.6 Å². The van der Waals surface area contributed by atoms with Gasteiger partial charge in [0.15, 0.2) is 0 Å². The van der Waals surface area contributed by atoms with E-state index in [-0.39, 0.29) is 0 Å². The van der Waals surface area contributed by atoms with Crippen LogP contribution in [0.1, 0.15) is 20.8 Å². The Hall–Kier alpha value is -0.560. The van der Waals surface area contributed by atoms with Gasteiger partial charge in [-0.25, -0.2) is 0 Å². The first kappa shape index (κ1) is 11.4. The molecule has 0 atom stereocenters.